The molecule has 2 saturated heterocycles. The molecule has 1 amide bonds. The minimum absolute atomic E-state index is 0.00945. The summed E-state index contributed by atoms with van der Waals surface area (Å²) >= 11 is 1.53. The summed E-state index contributed by atoms with van der Waals surface area (Å²) in [6.45, 7) is 6.96. The molecule has 3 aromatic carbocycles. The Morgan fingerprint density at radius 2 is 1.85 bits per heavy atom. The number of para-hydroxylation sites is 1. The van der Waals surface area contributed by atoms with Crippen molar-refractivity contribution >= 4 is 24.1 Å². The average molecular weight is 760 g/mol. The number of nitrogens with one attached hydrogen (secondary N) is 2. The van der Waals surface area contributed by atoms with Crippen LogP contribution in [-0.4, -0.2) is 85.7 Å². The Morgan fingerprint density at radius 1 is 1.07 bits per heavy atom. The van der Waals surface area contributed by atoms with Gasteiger partial charge in [-0.3, -0.25) is 0 Å². The number of hydrogen-bond acceptors (Lipinski definition) is 12. The molecule has 0 saturated carbocycles. The lowest BCUT2D eigenvalue weighted by Gasteiger charge is -2.35. The van der Waals surface area contributed by atoms with E-state index in [9.17, 15) is 9.90 Å². The Balaban J connectivity index is 1.09. The van der Waals surface area contributed by atoms with Crippen LogP contribution in [0.1, 0.15) is 45.1 Å². The molecule has 3 heterocycles. The zero-order valence-electron chi connectivity index (χ0n) is 30.7. The van der Waals surface area contributed by atoms with Gasteiger partial charge in [-0.1, -0.05) is 68.8 Å². The fraction of sp³-hybridized carbons (Fsp3) is 0.475. The molecule has 3 aliphatic heterocycles. The van der Waals surface area contributed by atoms with E-state index in [1.54, 1.807) is 18.3 Å². The fourth-order valence-corrected chi connectivity index (χ4v) is 8.03. The summed E-state index contributed by atoms with van der Waals surface area (Å²) in [5.74, 6) is 1.99. The molecule has 3 aromatic rings. The molecule has 288 valence electrons. The smallest absolute Gasteiger partial charge is 0.407 e. The van der Waals surface area contributed by atoms with Gasteiger partial charge in [0.15, 0.2) is 17.8 Å². The van der Waals surface area contributed by atoms with E-state index in [2.05, 4.69) is 33.8 Å². The average Bonchev–Trinajstić information content (AvgIpc) is 3.91. The second-order valence-electron chi connectivity index (χ2n) is 14.4. The van der Waals surface area contributed by atoms with Gasteiger partial charge >= 0.3 is 12.1 Å². The third-order valence-corrected chi connectivity index (χ3v) is 10.6. The van der Waals surface area contributed by atoms with Crippen LogP contribution in [0.15, 0.2) is 88.8 Å². The second kappa shape index (κ2) is 19.2. The number of benzene rings is 3. The first kappa shape index (κ1) is 39.2. The number of amides is 1. The maximum absolute atomic E-state index is 13.3. The van der Waals surface area contributed by atoms with E-state index in [1.165, 1.54) is 11.9 Å². The first-order chi connectivity index (χ1) is 26.2. The van der Waals surface area contributed by atoms with Crippen molar-refractivity contribution in [1.29, 1.82) is 5.26 Å². The molecular formula is C40H49N5O8S. The third-order valence-electron chi connectivity index (χ3n) is 9.55. The lowest BCUT2D eigenvalue weighted by atomic mass is 9.87. The predicted octanol–water partition coefficient (Wildman–Crippen LogP) is 5.89. The van der Waals surface area contributed by atoms with E-state index >= 15 is 0 Å². The van der Waals surface area contributed by atoms with Crippen molar-refractivity contribution in [3.8, 4) is 23.4 Å². The molecule has 3 N–H and O–H groups in total. The van der Waals surface area contributed by atoms with Gasteiger partial charge in [0.05, 0.1) is 31.3 Å². The van der Waals surface area contributed by atoms with Crippen LogP contribution in [0.2, 0.25) is 0 Å². The number of aliphatic hydroxyl groups is 1. The number of nitrogens with zero attached hydrogens (tertiary/aromatic N) is 3. The van der Waals surface area contributed by atoms with Gasteiger partial charge in [-0.05, 0) is 78.9 Å². The molecule has 14 heteroatoms. The number of aliphatic hydroxyl groups excluding tert-OH is 1. The van der Waals surface area contributed by atoms with Gasteiger partial charge in [0.2, 0.25) is 13.0 Å². The van der Waals surface area contributed by atoms with Crippen LogP contribution in [-0.2, 0) is 20.6 Å². The summed E-state index contributed by atoms with van der Waals surface area (Å²) in [5, 5.41) is 27.2. The molecule has 54 heavy (non-hydrogen) atoms. The molecule has 0 spiro atoms. The van der Waals surface area contributed by atoms with Crippen molar-refractivity contribution in [2.45, 2.75) is 75.4 Å². The molecule has 3 aliphatic rings. The fourth-order valence-electron chi connectivity index (χ4n) is 6.80. The second-order valence-corrected chi connectivity index (χ2v) is 15.6. The summed E-state index contributed by atoms with van der Waals surface area (Å²) in [5.41, 5.74) is 0.827. The Kier molecular flexibility index (Phi) is 13.9. The topological polar surface area (TPSA) is 156 Å². The number of unbranched alkanes of at least 4 members (excludes halogenated alkanes) is 1. The summed E-state index contributed by atoms with van der Waals surface area (Å²) in [6.07, 6.45) is 3.34. The van der Waals surface area contributed by atoms with Crippen molar-refractivity contribution in [3.63, 3.8) is 0 Å². The van der Waals surface area contributed by atoms with E-state index in [0.29, 0.717) is 43.4 Å². The molecule has 5 atom stereocenters. The zero-order chi connectivity index (χ0) is 37.8. The van der Waals surface area contributed by atoms with E-state index in [4.69, 9.17) is 33.7 Å². The summed E-state index contributed by atoms with van der Waals surface area (Å²) in [6, 6.07) is 24.4. The highest BCUT2D eigenvalue weighted by atomic mass is 32.2. The molecule has 0 aliphatic carbocycles. The van der Waals surface area contributed by atoms with E-state index in [-0.39, 0.29) is 43.6 Å². The van der Waals surface area contributed by atoms with E-state index in [0.717, 1.165) is 36.1 Å². The van der Waals surface area contributed by atoms with Gasteiger partial charge in [-0.2, -0.15) is 5.26 Å². The van der Waals surface area contributed by atoms with Crippen LogP contribution in [0.4, 0.5) is 4.79 Å². The Labute approximate surface area is 321 Å². The van der Waals surface area contributed by atoms with Crippen molar-refractivity contribution in [3.05, 3.63) is 84.4 Å². The molecule has 0 bridgehead atoms. The summed E-state index contributed by atoms with van der Waals surface area (Å²) in [4.78, 5) is 18.1. The van der Waals surface area contributed by atoms with Gasteiger partial charge in [0.25, 0.3) is 0 Å². The van der Waals surface area contributed by atoms with Gasteiger partial charge < -0.3 is 44.2 Å². The first-order valence-electron chi connectivity index (χ1n) is 18.4. The molecule has 2 fully saturated rings. The predicted molar refractivity (Wildman–Crippen MR) is 203 cm³/mol. The normalized spacial score (nSPS) is 20.2. The summed E-state index contributed by atoms with van der Waals surface area (Å²) in [7, 11) is 0. The largest absolute Gasteiger partial charge is 0.454 e. The molecular weight excluding hydrogens is 711 g/mol. The van der Waals surface area contributed by atoms with Gasteiger partial charge in [-0.25, -0.2) is 9.10 Å². The summed E-state index contributed by atoms with van der Waals surface area (Å²) < 4.78 is 36.2. The number of hydrogen-bond donors (Lipinski definition) is 3. The quantitative estimate of drug-likeness (QED) is 0.0494. The van der Waals surface area contributed by atoms with Crippen molar-refractivity contribution in [2.24, 2.45) is 16.3 Å². The van der Waals surface area contributed by atoms with Crippen LogP contribution in [0, 0.1) is 22.8 Å². The highest BCUT2D eigenvalue weighted by molar-refractivity contribution is 7.97. The molecule has 6 rings (SSSR count). The number of alkyl carbamates (subject to hydrolysis) is 1. The zero-order valence-corrected chi connectivity index (χ0v) is 31.5. The lowest BCUT2D eigenvalue weighted by molar-refractivity contribution is -0.0907. The number of carbonyl (C=O) groups excluding carboxylic acids is 1. The number of rotatable bonds is 17. The van der Waals surface area contributed by atoms with Crippen molar-refractivity contribution in [1.82, 2.24) is 14.9 Å². The SMILES string of the molecule is CC(C)(CCCCN/C(=N/C#N)Oc1ccccc1)CN(C[C@@H](O)[C@H](Cc1ccccc1)NC(=O)O[C@H]1CO[C@H]2OCC[C@H]21)Sc1ccc2c(c1)OCO2. The monoisotopic (exact) mass is 759 g/mol. The molecule has 0 aromatic heterocycles. The number of carbonyl (C=O) groups is 1. The number of amidine groups is 1. The van der Waals surface area contributed by atoms with Gasteiger partial charge in [-0.15, -0.1) is 4.99 Å². The van der Waals surface area contributed by atoms with Crippen LogP contribution < -0.4 is 24.8 Å². The van der Waals surface area contributed by atoms with E-state index < -0.39 is 24.3 Å². The standard InChI is InChI=1S/C40H49N5O8S/c1-40(2,18-9-10-19-42-38(43-26-41)52-29-13-7-4-8-14-29)25-45(54-30-15-16-34-35(22-30)51-27-50-34)23-33(46)32(21-28-11-5-3-6-12-28)44-39(47)53-36-24-49-37-31(36)17-20-48-37/h3-8,11-16,22,31-33,36-37,46H,9-10,17-21,23-25,27H2,1-2H3,(H,42,43)(H,44,47)/t31-,32-,33+,36-,37+/m0/s1. The first-order valence-corrected chi connectivity index (χ1v) is 19.2. The molecule has 0 unspecified atom stereocenters. The van der Waals surface area contributed by atoms with Crippen molar-refractivity contribution < 1.29 is 38.3 Å². The highest BCUT2D eigenvalue weighted by Gasteiger charge is 2.44. The van der Waals surface area contributed by atoms with Crippen LogP contribution in [0.5, 0.6) is 17.2 Å². The van der Waals surface area contributed by atoms with Gasteiger partial charge in [0.1, 0.15) is 11.9 Å². The Bertz CT molecular complexity index is 1730. The van der Waals surface area contributed by atoms with Gasteiger partial charge in [0, 0.05) is 24.5 Å². The minimum atomic E-state index is -0.941. The Hall–Kier alpha value is -4.52. The Morgan fingerprint density at radius 3 is 2.65 bits per heavy atom. The van der Waals surface area contributed by atoms with Crippen LogP contribution in [0.3, 0.4) is 0 Å². The van der Waals surface area contributed by atoms with Crippen LogP contribution >= 0.6 is 11.9 Å². The number of fused-ring (bicyclic) bond motifs is 2. The maximum atomic E-state index is 13.3. The minimum Gasteiger partial charge on any atom is -0.454 e. The van der Waals surface area contributed by atoms with Crippen molar-refractivity contribution in [2.75, 3.05) is 39.6 Å². The number of nitriles is 1. The van der Waals surface area contributed by atoms with Crippen LogP contribution in [0.25, 0.3) is 0 Å². The lowest BCUT2D eigenvalue weighted by Crippen LogP contribution is -2.50. The molecule has 13 nitrogen and oxygen atoms in total. The number of ether oxygens (including phenoxy) is 6. The highest BCUT2D eigenvalue weighted by Crippen LogP contribution is 2.38. The van der Waals surface area contributed by atoms with E-state index in [1.807, 2.05) is 66.7 Å². The maximum Gasteiger partial charge on any atom is 0.407 e. The number of aliphatic imine (C=N–C) groups is 1. The molecule has 0 radical (unpaired) electrons. The third kappa shape index (κ3) is 11.5.